The summed E-state index contributed by atoms with van der Waals surface area (Å²) in [6.45, 7) is 1.65. The molecule has 0 radical (unpaired) electrons. The highest BCUT2D eigenvalue weighted by Gasteiger charge is 2.56. The fraction of sp³-hybridized carbons (Fsp3) is 0.389. The van der Waals surface area contributed by atoms with Gasteiger partial charge in [0.1, 0.15) is 0 Å². The van der Waals surface area contributed by atoms with Crippen LogP contribution in [0.25, 0.3) is 0 Å². The van der Waals surface area contributed by atoms with Gasteiger partial charge >= 0.3 is 0 Å². The zero-order valence-corrected chi connectivity index (χ0v) is 13.7. The molecule has 3 aliphatic carbocycles. The number of amides is 2. The van der Waals surface area contributed by atoms with E-state index in [-0.39, 0.29) is 41.2 Å². The van der Waals surface area contributed by atoms with E-state index in [1.807, 2.05) is 0 Å². The summed E-state index contributed by atoms with van der Waals surface area (Å²) in [5.74, 6) is -0.889. The Hall–Kier alpha value is -2.83. The zero-order valence-electron chi connectivity index (χ0n) is 13.7. The number of nitro benzene ring substituents is 1. The normalized spacial score (nSPS) is 30.4. The Labute approximate surface area is 144 Å². The van der Waals surface area contributed by atoms with Gasteiger partial charge in [0.25, 0.3) is 17.5 Å². The minimum absolute atomic E-state index is 0.0149. The molecule has 0 spiro atoms. The zero-order chi connectivity index (χ0) is 17.7. The second kappa shape index (κ2) is 5.61. The van der Waals surface area contributed by atoms with Gasteiger partial charge in [-0.15, -0.1) is 0 Å². The third kappa shape index (κ3) is 2.38. The van der Waals surface area contributed by atoms with Crippen LogP contribution in [-0.2, 0) is 9.59 Å². The number of carbonyl (C=O) groups excluding carboxylic acids is 2. The largest absolute Gasteiger partial charge is 0.272 e. The van der Waals surface area contributed by atoms with Gasteiger partial charge in [0.15, 0.2) is 0 Å². The van der Waals surface area contributed by atoms with Crippen LogP contribution in [0.2, 0.25) is 0 Å². The molecule has 0 N–H and O–H groups in total. The van der Waals surface area contributed by atoms with Crippen LogP contribution in [0.4, 0.5) is 5.69 Å². The first kappa shape index (κ1) is 15.7. The van der Waals surface area contributed by atoms with Crippen LogP contribution in [0.1, 0.15) is 24.0 Å². The second-order valence-electron chi connectivity index (χ2n) is 6.88. The number of nitrogens with zero attached hydrogens (tertiary/aromatic N) is 3. The number of imide groups is 1. The molecule has 1 aromatic rings. The summed E-state index contributed by atoms with van der Waals surface area (Å²) >= 11 is 0. The Bertz CT molecular complexity index is 813. The third-order valence-corrected chi connectivity index (χ3v) is 5.49. The summed E-state index contributed by atoms with van der Waals surface area (Å²) in [5.41, 5.74) is 1.01. The molecule has 7 heteroatoms. The van der Waals surface area contributed by atoms with E-state index < -0.39 is 4.92 Å². The molecule has 25 heavy (non-hydrogen) atoms. The number of carbonyl (C=O) groups is 2. The molecule has 2 amide bonds. The van der Waals surface area contributed by atoms with E-state index >= 15 is 0 Å². The van der Waals surface area contributed by atoms with E-state index in [0.717, 1.165) is 17.9 Å². The van der Waals surface area contributed by atoms with Gasteiger partial charge in [-0.05, 0) is 31.6 Å². The van der Waals surface area contributed by atoms with Gasteiger partial charge < -0.3 is 0 Å². The monoisotopic (exact) mass is 339 g/mol. The smallest absolute Gasteiger partial charge is 0.272 e. The van der Waals surface area contributed by atoms with Crippen LogP contribution in [0.5, 0.6) is 0 Å². The molecule has 4 aliphatic rings. The highest BCUT2D eigenvalue weighted by molar-refractivity contribution is 6.06. The molecule has 0 aromatic heterocycles. The molecule has 2 fully saturated rings. The van der Waals surface area contributed by atoms with Crippen LogP contribution < -0.4 is 0 Å². The van der Waals surface area contributed by atoms with E-state index in [4.69, 9.17) is 0 Å². The van der Waals surface area contributed by atoms with E-state index in [0.29, 0.717) is 11.1 Å². The molecule has 1 aliphatic heterocycles. The summed E-state index contributed by atoms with van der Waals surface area (Å²) in [5, 5.41) is 16.0. The number of hydrogen-bond donors (Lipinski definition) is 0. The maximum Gasteiger partial charge on any atom is 0.272 e. The van der Waals surface area contributed by atoms with Gasteiger partial charge in [-0.25, -0.2) is 0 Å². The van der Waals surface area contributed by atoms with Crippen LogP contribution >= 0.6 is 0 Å². The fourth-order valence-corrected chi connectivity index (χ4v) is 4.20. The van der Waals surface area contributed by atoms with Gasteiger partial charge in [0, 0.05) is 17.2 Å². The lowest BCUT2D eigenvalue weighted by Crippen LogP contribution is -2.38. The number of benzene rings is 1. The van der Waals surface area contributed by atoms with Crippen molar-refractivity contribution in [2.45, 2.75) is 19.8 Å². The predicted octanol–water partition coefficient (Wildman–Crippen LogP) is 2.43. The molecule has 1 heterocycles. The Kier molecular flexibility index (Phi) is 3.52. The van der Waals surface area contributed by atoms with Crippen molar-refractivity contribution in [3.05, 3.63) is 51.6 Å². The van der Waals surface area contributed by atoms with Crippen LogP contribution in [0.3, 0.4) is 0 Å². The van der Waals surface area contributed by atoms with E-state index in [9.17, 15) is 19.7 Å². The molecule has 1 aromatic carbocycles. The van der Waals surface area contributed by atoms with Crippen LogP contribution in [0.15, 0.2) is 35.5 Å². The Morgan fingerprint density at radius 2 is 1.76 bits per heavy atom. The molecule has 2 bridgehead atoms. The van der Waals surface area contributed by atoms with E-state index in [2.05, 4.69) is 17.3 Å². The van der Waals surface area contributed by atoms with Crippen molar-refractivity contribution in [1.82, 2.24) is 5.01 Å². The van der Waals surface area contributed by atoms with Gasteiger partial charge in [-0.3, -0.25) is 19.7 Å². The maximum absolute atomic E-state index is 12.6. The van der Waals surface area contributed by atoms with Crippen molar-refractivity contribution in [3.8, 4) is 0 Å². The number of rotatable bonds is 3. The maximum atomic E-state index is 12.6. The molecular formula is C18H17N3O4. The molecule has 1 saturated carbocycles. The van der Waals surface area contributed by atoms with Crippen molar-refractivity contribution < 1.29 is 14.5 Å². The van der Waals surface area contributed by atoms with Crippen LogP contribution in [0, 0.1) is 40.7 Å². The SMILES string of the molecule is Cc1ccc(/C=N\N2C(=O)[C@@H]3[C@@H](C2=O)[C@H]2C=C[C@H]3CC2)cc1[N+](=O)[O-]. The highest BCUT2D eigenvalue weighted by Crippen LogP contribution is 2.49. The summed E-state index contributed by atoms with van der Waals surface area (Å²) in [7, 11) is 0. The molecule has 7 nitrogen and oxygen atoms in total. The van der Waals surface area contributed by atoms with E-state index in [1.165, 1.54) is 12.3 Å². The lowest BCUT2D eigenvalue weighted by molar-refractivity contribution is -0.385. The van der Waals surface area contributed by atoms with Crippen molar-refractivity contribution in [1.29, 1.82) is 0 Å². The second-order valence-corrected chi connectivity index (χ2v) is 6.88. The number of aryl methyl sites for hydroxylation is 1. The number of nitro groups is 1. The minimum atomic E-state index is -0.462. The predicted molar refractivity (Wildman–Crippen MR) is 89.6 cm³/mol. The van der Waals surface area contributed by atoms with Crippen molar-refractivity contribution in [3.63, 3.8) is 0 Å². The summed E-state index contributed by atoms with van der Waals surface area (Å²) in [6.07, 6.45) is 7.31. The first-order valence-electron chi connectivity index (χ1n) is 8.32. The standard InChI is InChI=1S/C18H17N3O4/c1-10-2-3-11(8-14(10)21(24)25)9-19-20-17(22)15-12-4-5-13(7-6-12)16(15)18(20)23/h2-5,8-9,12-13,15-16H,6-7H2,1H3/b19-9-/t12-,13-,15-,16-/m0/s1. The summed E-state index contributed by atoms with van der Waals surface area (Å²) in [4.78, 5) is 35.8. The van der Waals surface area contributed by atoms with E-state index in [1.54, 1.807) is 19.1 Å². The van der Waals surface area contributed by atoms with Crippen molar-refractivity contribution >= 4 is 23.7 Å². The van der Waals surface area contributed by atoms with Crippen molar-refractivity contribution in [2.24, 2.45) is 28.8 Å². The van der Waals surface area contributed by atoms with Crippen LogP contribution in [-0.4, -0.2) is 28.0 Å². The Morgan fingerprint density at radius 3 is 2.28 bits per heavy atom. The average molecular weight is 339 g/mol. The average Bonchev–Trinajstić information content (AvgIpc) is 2.88. The number of fused-ring (bicyclic) bond motifs is 1. The number of hydrazone groups is 1. The summed E-state index contributed by atoms with van der Waals surface area (Å²) in [6, 6.07) is 4.69. The van der Waals surface area contributed by atoms with Gasteiger partial charge in [0.05, 0.1) is 23.0 Å². The molecule has 5 rings (SSSR count). The Morgan fingerprint density at radius 1 is 1.16 bits per heavy atom. The first-order chi connectivity index (χ1) is 12.0. The van der Waals surface area contributed by atoms with Crippen molar-refractivity contribution in [2.75, 3.05) is 0 Å². The topological polar surface area (TPSA) is 92.9 Å². The third-order valence-electron chi connectivity index (χ3n) is 5.49. The fourth-order valence-electron chi connectivity index (χ4n) is 4.20. The minimum Gasteiger partial charge on any atom is -0.272 e. The van der Waals surface area contributed by atoms with Gasteiger partial charge in [-0.2, -0.15) is 10.1 Å². The molecule has 4 atom stereocenters. The van der Waals surface area contributed by atoms with Gasteiger partial charge in [-0.1, -0.05) is 24.3 Å². The number of allylic oxidation sites excluding steroid dienone is 2. The lowest BCUT2D eigenvalue weighted by Gasteiger charge is -2.37. The molecular weight excluding hydrogens is 322 g/mol. The molecule has 128 valence electrons. The van der Waals surface area contributed by atoms with Gasteiger partial charge in [0.2, 0.25) is 0 Å². The lowest BCUT2D eigenvalue weighted by atomic mass is 9.63. The first-order valence-corrected chi connectivity index (χ1v) is 8.32. The summed E-state index contributed by atoms with van der Waals surface area (Å²) < 4.78 is 0. The number of hydrogen-bond acceptors (Lipinski definition) is 5. The Balaban J connectivity index is 1.60. The molecule has 0 unspecified atom stereocenters. The highest BCUT2D eigenvalue weighted by atomic mass is 16.6. The quantitative estimate of drug-likeness (QED) is 0.278. The molecule has 1 saturated heterocycles.